The van der Waals surface area contributed by atoms with E-state index in [0.29, 0.717) is 17.7 Å². The van der Waals surface area contributed by atoms with Gasteiger partial charge in [-0.25, -0.2) is 4.79 Å². The van der Waals surface area contributed by atoms with E-state index in [0.717, 1.165) is 6.42 Å². The van der Waals surface area contributed by atoms with E-state index in [4.69, 9.17) is 5.73 Å². The molecule has 0 radical (unpaired) electrons. The summed E-state index contributed by atoms with van der Waals surface area (Å²) in [5, 5.41) is 2.69. The van der Waals surface area contributed by atoms with Gasteiger partial charge in [0.25, 0.3) is 0 Å². The van der Waals surface area contributed by atoms with Gasteiger partial charge >= 0.3 is 5.97 Å². The lowest BCUT2D eigenvalue weighted by atomic mass is 10.1. The van der Waals surface area contributed by atoms with Crippen molar-refractivity contribution in [3.63, 3.8) is 0 Å². The molecular weight excluding hydrogens is 268 g/mol. The highest BCUT2D eigenvalue weighted by molar-refractivity contribution is 5.95. The lowest BCUT2D eigenvalue weighted by Crippen LogP contribution is -2.35. The number of anilines is 1. The predicted molar refractivity (Wildman–Crippen MR) is 76.5 cm³/mol. The van der Waals surface area contributed by atoms with E-state index in [9.17, 15) is 9.59 Å². The average molecular weight is 287 g/mol. The fraction of sp³-hybridized carbons (Fsp3) is 0.385. The molecule has 1 aromatic carbocycles. The number of rotatable bonds is 5. The maximum Gasteiger partial charge on any atom is 0.337 e. The minimum atomic E-state index is -0.504. The Kier molecular flexibility index (Phi) is 7.79. The van der Waals surface area contributed by atoms with Crippen LogP contribution < -0.4 is 11.1 Å². The van der Waals surface area contributed by atoms with Crippen molar-refractivity contribution >= 4 is 30.0 Å². The summed E-state index contributed by atoms with van der Waals surface area (Å²) in [6, 6.07) is 5.96. The summed E-state index contributed by atoms with van der Waals surface area (Å²) in [6.45, 7) is 1.97. The van der Waals surface area contributed by atoms with Gasteiger partial charge in [0.15, 0.2) is 0 Å². The predicted octanol–water partition coefficient (Wildman–Crippen LogP) is 1.96. The number of nitrogens with one attached hydrogen (secondary N) is 1. The summed E-state index contributed by atoms with van der Waals surface area (Å²) < 4.78 is 4.58. The molecule has 106 valence electrons. The number of hydrogen-bond acceptors (Lipinski definition) is 4. The van der Waals surface area contributed by atoms with E-state index in [2.05, 4.69) is 10.1 Å². The van der Waals surface area contributed by atoms with Crippen LogP contribution >= 0.6 is 12.4 Å². The quantitative estimate of drug-likeness (QED) is 0.811. The van der Waals surface area contributed by atoms with E-state index in [1.54, 1.807) is 24.3 Å². The topological polar surface area (TPSA) is 81.4 Å². The fourth-order valence-corrected chi connectivity index (χ4v) is 1.48. The van der Waals surface area contributed by atoms with E-state index >= 15 is 0 Å². The Morgan fingerprint density at radius 2 is 1.89 bits per heavy atom. The van der Waals surface area contributed by atoms with E-state index in [-0.39, 0.29) is 18.3 Å². The second-order valence-corrected chi connectivity index (χ2v) is 3.95. The molecule has 0 saturated carbocycles. The Balaban J connectivity index is 0.00000324. The molecule has 0 saturated heterocycles. The normalized spacial score (nSPS) is 11.1. The number of methoxy groups -OCH3 is 1. The smallest absolute Gasteiger partial charge is 0.337 e. The van der Waals surface area contributed by atoms with Crippen LogP contribution in [0.5, 0.6) is 0 Å². The van der Waals surface area contributed by atoms with Crippen LogP contribution in [-0.4, -0.2) is 25.0 Å². The molecule has 1 amide bonds. The number of carbonyl (C=O) groups excluding carboxylic acids is 2. The molecule has 1 rings (SSSR count). The number of amides is 1. The zero-order valence-corrected chi connectivity index (χ0v) is 11.8. The Hall–Kier alpha value is -1.59. The molecule has 0 fully saturated rings. The maximum atomic E-state index is 11.6. The third-order valence-corrected chi connectivity index (χ3v) is 2.51. The zero-order chi connectivity index (χ0) is 13.5. The Morgan fingerprint density at radius 3 is 2.37 bits per heavy atom. The number of halogens is 1. The first-order valence-corrected chi connectivity index (χ1v) is 5.83. The number of nitrogens with two attached hydrogens (primary N) is 1. The second-order valence-electron chi connectivity index (χ2n) is 3.95. The third-order valence-electron chi connectivity index (χ3n) is 2.51. The Morgan fingerprint density at radius 1 is 1.32 bits per heavy atom. The van der Waals surface area contributed by atoms with Crippen LogP contribution in [0.4, 0.5) is 5.69 Å². The zero-order valence-electron chi connectivity index (χ0n) is 11.0. The number of ether oxygens (including phenoxy) is 1. The van der Waals surface area contributed by atoms with Crippen LogP contribution in [0.3, 0.4) is 0 Å². The van der Waals surface area contributed by atoms with Gasteiger partial charge in [0.2, 0.25) is 5.91 Å². The molecule has 1 unspecified atom stereocenters. The summed E-state index contributed by atoms with van der Waals surface area (Å²) in [4.78, 5) is 22.9. The van der Waals surface area contributed by atoms with Gasteiger partial charge in [0.1, 0.15) is 0 Å². The van der Waals surface area contributed by atoms with Crippen molar-refractivity contribution in [1.82, 2.24) is 0 Å². The molecule has 0 aliphatic heterocycles. The lowest BCUT2D eigenvalue weighted by Gasteiger charge is -2.11. The summed E-state index contributed by atoms with van der Waals surface area (Å²) >= 11 is 0. The minimum absolute atomic E-state index is 0. The molecule has 1 atom stereocenters. The molecular formula is C13H19ClN2O3. The van der Waals surface area contributed by atoms with E-state index in [1.807, 2.05) is 6.92 Å². The molecule has 0 aliphatic rings. The van der Waals surface area contributed by atoms with Gasteiger partial charge in [-0.2, -0.15) is 0 Å². The number of esters is 1. The largest absolute Gasteiger partial charge is 0.465 e. The minimum Gasteiger partial charge on any atom is -0.465 e. The summed E-state index contributed by atoms with van der Waals surface area (Å²) in [5.41, 5.74) is 6.74. The first-order valence-electron chi connectivity index (χ1n) is 5.83. The van der Waals surface area contributed by atoms with Gasteiger partial charge in [-0.1, -0.05) is 13.3 Å². The summed E-state index contributed by atoms with van der Waals surface area (Å²) in [5.74, 6) is -0.627. The maximum absolute atomic E-state index is 11.6. The highest BCUT2D eigenvalue weighted by Gasteiger charge is 2.12. The third kappa shape index (κ3) is 5.28. The number of benzene rings is 1. The Bertz CT molecular complexity index is 420. The van der Waals surface area contributed by atoms with Crippen LogP contribution in [0, 0.1) is 0 Å². The van der Waals surface area contributed by atoms with Gasteiger partial charge < -0.3 is 15.8 Å². The van der Waals surface area contributed by atoms with Crippen molar-refractivity contribution < 1.29 is 14.3 Å². The van der Waals surface area contributed by atoms with Crippen molar-refractivity contribution in [2.24, 2.45) is 5.73 Å². The fourth-order valence-electron chi connectivity index (χ4n) is 1.48. The molecule has 1 aromatic rings. The monoisotopic (exact) mass is 286 g/mol. The van der Waals surface area contributed by atoms with Crippen molar-refractivity contribution in [2.75, 3.05) is 12.4 Å². The molecule has 0 heterocycles. The van der Waals surface area contributed by atoms with Crippen molar-refractivity contribution in [3.05, 3.63) is 29.8 Å². The second kappa shape index (κ2) is 8.50. The van der Waals surface area contributed by atoms with E-state index < -0.39 is 12.0 Å². The highest BCUT2D eigenvalue weighted by atomic mass is 35.5. The van der Waals surface area contributed by atoms with Gasteiger partial charge in [-0.15, -0.1) is 12.4 Å². The van der Waals surface area contributed by atoms with Crippen LogP contribution in [0.2, 0.25) is 0 Å². The van der Waals surface area contributed by atoms with Gasteiger partial charge in [-0.3, -0.25) is 4.79 Å². The molecule has 0 bridgehead atoms. The lowest BCUT2D eigenvalue weighted by molar-refractivity contribution is -0.117. The highest BCUT2D eigenvalue weighted by Crippen LogP contribution is 2.11. The molecule has 0 aromatic heterocycles. The first kappa shape index (κ1) is 17.4. The number of carbonyl (C=O) groups is 2. The van der Waals surface area contributed by atoms with Crippen molar-refractivity contribution in [1.29, 1.82) is 0 Å². The van der Waals surface area contributed by atoms with Gasteiger partial charge in [0, 0.05) is 5.69 Å². The van der Waals surface area contributed by atoms with Crippen LogP contribution in [-0.2, 0) is 9.53 Å². The summed E-state index contributed by atoms with van der Waals surface area (Å²) in [6.07, 6.45) is 1.50. The standard InChI is InChI=1S/C13H18N2O3.ClH/c1-3-4-11(14)12(16)15-10-7-5-9(6-8-10)13(17)18-2;/h5-8,11H,3-4,14H2,1-2H3,(H,15,16);1H. The number of hydrogen-bond donors (Lipinski definition) is 2. The molecule has 5 nitrogen and oxygen atoms in total. The first-order chi connectivity index (χ1) is 8.58. The molecule has 0 spiro atoms. The van der Waals surface area contributed by atoms with Crippen LogP contribution in [0.15, 0.2) is 24.3 Å². The molecule has 6 heteroatoms. The molecule has 3 N–H and O–H groups in total. The molecule has 19 heavy (non-hydrogen) atoms. The van der Waals surface area contributed by atoms with E-state index in [1.165, 1.54) is 7.11 Å². The van der Waals surface area contributed by atoms with Crippen LogP contribution in [0.1, 0.15) is 30.1 Å². The summed E-state index contributed by atoms with van der Waals surface area (Å²) in [7, 11) is 1.32. The molecule has 0 aliphatic carbocycles. The van der Waals surface area contributed by atoms with Gasteiger partial charge in [0.05, 0.1) is 18.7 Å². The van der Waals surface area contributed by atoms with Crippen molar-refractivity contribution in [3.8, 4) is 0 Å². The van der Waals surface area contributed by atoms with Crippen LogP contribution in [0.25, 0.3) is 0 Å². The van der Waals surface area contributed by atoms with Crippen molar-refractivity contribution in [2.45, 2.75) is 25.8 Å². The average Bonchev–Trinajstić information content (AvgIpc) is 2.39. The van der Waals surface area contributed by atoms with Gasteiger partial charge in [-0.05, 0) is 30.7 Å². The SMILES string of the molecule is CCCC(N)C(=O)Nc1ccc(C(=O)OC)cc1.Cl. The Labute approximate surface area is 118 Å².